The van der Waals surface area contributed by atoms with Crippen LogP contribution in [-0.2, 0) is 22.4 Å². The number of anilines is 1. The molecule has 29 heavy (non-hydrogen) atoms. The number of rotatable bonds is 9. The molecule has 0 aliphatic heterocycles. The summed E-state index contributed by atoms with van der Waals surface area (Å²) in [5, 5.41) is 8.20. The Bertz CT molecular complexity index is 946. The SMILES string of the molecule is O=C(Cc1csc(SCC(=O)Nc2ccc(Cl)cc2)n1)NCCc1ccccc1. The molecule has 0 atom stereocenters. The summed E-state index contributed by atoms with van der Waals surface area (Å²) in [5.41, 5.74) is 2.61. The van der Waals surface area contributed by atoms with Gasteiger partial charge in [-0.3, -0.25) is 9.59 Å². The lowest BCUT2D eigenvalue weighted by molar-refractivity contribution is -0.120. The molecular weight excluding hydrogens is 426 g/mol. The molecule has 0 radical (unpaired) electrons. The van der Waals surface area contributed by atoms with Crippen molar-refractivity contribution in [3.63, 3.8) is 0 Å². The quantitative estimate of drug-likeness (QED) is 0.478. The van der Waals surface area contributed by atoms with Gasteiger partial charge in [-0.25, -0.2) is 4.98 Å². The molecule has 0 bridgehead atoms. The molecule has 3 aromatic rings. The third kappa shape index (κ3) is 7.53. The van der Waals surface area contributed by atoms with E-state index in [1.165, 1.54) is 28.7 Å². The van der Waals surface area contributed by atoms with Crippen molar-refractivity contribution in [2.45, 2.75) is 17.2 Å². The van der Waals surface area contributed by atoms with Crippen LogP contribution in [0.3, 0.4) is 0 Å². The smallest absolute Gasteiger partial charge is 0.234 e. The minimum absolute atomic E-state index is 0.0525. The Hall–Kier alpha value is -2.35. The Morgan fingerprint density at radius 3 is 2.55 bits per heavy atom. The molecule has 1 aromatic heterocycles. The number of carbonyl (C=O) groups excluding carboxylic acids is 2. The zero-order valence-corrected chi connectivity index (χ0v) is 17.9. The molecule has 0 unspecified atom stereocenters. The molecule has 150 valence electrons. The zero-order valence-electron chi connectivity index (χ0n) is 15.6. The number of carbonyl (C=O) groups is 2. The van der Waals surface area contributed by atoms with E-state index in [1.807, 2.05) is 35.7 Å². The van der Waals surface area contributed by atoms with Crippen molar-refractivity contribution in [2.75, 3.05) is 17.6 Å². The summed E-state index contributed by atoms with van der Waals surface area (Å²) in [6.45, 7) is 0.597. The Kier molecular flexibility index (Phi) is 8.10. The van der Waals surface area contributed by atoms with Crippen molar-refractivity contribution < 1.29 is 9.59 Å². The second-order valence-electron chi connectivity index (χ2n) is 6.21. The molecule has 2 amide bonds. The van der Waals surface area contributed by atoms with Gasteiger partial charge in [0, 0.05) is 22.6 Å². The highest BCUT2D eigenvalue weighted by atomic mass is 35.5. The molecule has 5 nitrogen and oxygen atoms in total. The maximum absolute atomic E-state index is 12.1. The summed E-state index contributed by atoms with van der Waals surface area (Å²) < 4.78 is 0.767. The first-order valence-corrected chi connectivity index (χ1v) is 11.3. The van der Waals surface area contributed by atoms with E-state index in [-0.39, 0.29) is 24.0 Å². The Labute approximate surface area is 182 Å². The van der Waals surface area contributed by atoms with Crippen LogP contribution in [0.2, 0.25) is 5.02 Å². The van der Waals surface area contributed by atoms with E-state index < -0.39 is 0 Å². The molecule has 0 spiro atoms. The normalized spacial score (nSPS) is 10.5. The van der Waals surface area contributed by atoms with E-state index in [4.69, 9.17) is 11.6 Å². The average Bonchev–Trinajstić information content (AvgIpc) is 3.16. The summed E-state index contributed by atoms with van der Waals surface area (Å²) >= 11 is 8.62. The molecule has 8 heteroatoms. The summed E-state index contributed by atoms with van der Waals surface area (Å²) in [4.78, 5) is 28.5. The maximum atomic E-state index is 12.1. The van der Waals surface area contributed by atoms with Crippen molar-refractivity contribution in [2.24, 2.45) is 0 Å². The zero-order chi connectivity index (χ0) is 20.5. The number of nitrogens with zero attached hydrogens (tertiary/aromatic N) is 1. The van der Waals surface area contributed by atoms with Gasteiger partial charge in [-0.1, -0.05) is 53.7 Å². The predicted octanol–water partition coefficient (Wildman–Crippen LogP) is 4.43. The van der Waals surface area contributed by atoms with Crippen LogP contribution in [0.25, 0.3) is 0 Å². The molecule has 2 aromatic carbocycles. The van der Waals surface area contributed by atoms with E-state index in [9.17, 15) is 9.59 Å². The fraction of sp³-hybridized carbons (Fsp3) is 0.190. The van der Waals surface area contributed by atoms with Gasteiger partial charge < -0.3 is 10.6 Å². The van der Waals surface area contributed by atoms with Gasteiger partial charge in [0.05, 0.1) is 17.9 Å². The molecule has 0 saturated carbocycles. The molecule has 0 aliphatic carbocycles. The highest BCUT2D eigenvalue weighted by Gasteiger charge is 2.10. The minimum Gasteiger partial charge on any atom is -0.355 e. The van der Waals surface area contributed by atoms with Gasteiger partial charge in [-0.2, -0.15) is 0 Å². The van der Waals surface area contributed by atoms with Crippen LogP contribution in [-0.4, -0.2) is 29.1 Å². The van der Waals surface area contributed by atoms with Crippen LogP contribution in [0.4, 0.5) is 5.69 Å². The number of thiazole rings is 1. The number of amides is 2. The summed E-state index contributed by atoms with van der Waals surface area (Å²) in [6.07, 6.45) is 1.04. The fourth-order valence-electron chi connectivity index (χ4n) is 2.51. The first kappa shape index (κ1) is 21.4. The number of aromatic nitrogens is 1. The van der Waals surface area contributed by atoms with Crippen molar-refractivity contribution in [3.8, 4) is 0 Å². The molecule has 0 aliphatic rings. The van der Waals surface area contributed by atoms with Gasteiger partial charge >= 0.3 is 0 Å². The lowest BCUT2D eigenvalue weighted by atomic mass is 10.1. The van der Waals surface area contributed by atoms with E-state index in [0.717, 1.165) is 10.8 Å². The van der Waals surface area contributed by atoms with Crippen molar-refractivity contribution in [1.82, 2.24) is 10.3 Å². The van der Waals surface area contributed by atoms with Gasteiger partial charge in [-0.05, 0) is 36.2 Å². The second kappa shape index (κ2) is 11.0. The average molecular weight is 446 g/mol. The van der Waals surface area contributed by atoms with Crippen LogP contribution in [0.15, 0.2) is 64.3 Å². The van der Waals surface area contributed by atoms with E-state index in [0.29, 0.717) is 22.9 Å². The maximum Gasteiger partial charge on any atom is 0.234 e. The first-order valence-electron chi connectivity index (χ1n) is 9.02. The topological polar surface area (TPSA) is 71.1 Å². The second-order valence-corrected chi connectivity index (χ2v) is 8.73. The van der Waals surface area contributed by atoms with Crippen molar-refractivity contribution in [1.29, 1.82) is 0 Å². The van der Waals surface area contributed by atoms with E-state index >= 15 is 0 Å². The molecule has 3 rings (SSSR count). The standard InChI is InChI=1S/C21H20ClN3O2S2/c22-16-6-8-17(9-7-16)24-20(27)14-29-21-25-18(13-28-21)12-19(26)23-11-10-15-4-2-1-3-5-15/h1-9,13H,10-12,14H2,(H,23,26)(H,24,27). The predicted molar refractivity (Wildman–Crippen MR) is 120 cm³/mol. The summed E-state index contributed by atoms with van der Waals surface area (Å²) in [6, 6.07) is 17.0. The van der Waals surface area contributed by atoms with Gasteiger partial charge in [0.15, 0.2) is 4.34 Å². The van der Waals surface area contributed by atoms with E-state index in [2.05, 4.69) is 15.6 Å². The van der Waals surface area contributed by atoms with Gasteiger partial charge in [0.2, 0.25) is 11.8 Å². The fourth-order valence-corrected chi connectivity index (χ4v) is 4.28. The lowest BCUT2D eigenvalue weighted by Crippen LogP contribution is -2.27. The molecule has 2 N–H and O–H groups in total. The number of benzene rings is 2. The number of thioether (sulfide) groups is 1. The Morgan fingerprint density at radius 1 is 1.03 bits per heavy atom. The monoisotopic (exact) mass is 445 g/mol. The molecule has 1 heterocycles. The number of halogens is 1. The van der Waals surface area contributed by atoms with Gasteiger partial charge in [0.25, 0.3) is 0 Å². The summed E-state index contributed by atoms with van der Waals surface area (Å²) in [7, 11) is 0. The summed E-state index contributed by atoms with van der Waals surface area (Å²) in [5.74, 6) is 0.0785. The van der Waals surface area contributed by atoms with Gasteiger partial charge in [-0.15, -0.1) is 11.3 Å². The molecule has 0 fully saturated rings. The minimum atomic E-state index is -0.118. The van der Waals surface area contributed by atoms with E-state index in [1.54, 1.807) is 24.3 Å². The highest BCUT2D eigenvalue weighted by molar-refractivity contribution is 8.01. The third-order valence-electron chi connectivity index (χ3n) is 3.91. The van der Waals surface area contributed by atoms with Crippen LogP contribution in [0.1, 0.15) is 11.3 Å². The van der Waals surface area contributed by atoms with Crippen LogP contribution < -0.4 is 10.6 Å². The number of nitrogens with one attached hydrogen (secondary N) is 2. The van der Waals surface area contributed by atoms with Crippen molar-refractivity contribution >= 4 is 52.2 Å². The first-order chi connectivity index (χ1) is 14.1. The molecule has 0 saturated heterocycles. The lowest BCUT2D eigenvalue weighted by Gasteiger charge is -2.04. The highest BCUT2D eigenvalue weighted by Crippen LogP contribution is 2.23. The van der Waals surface area contributed by atoms with Gasteiger partial charge in [0.1, 0.15) is 0 Å². The van der Waals surface area contributed by atoms with Crippen molar-refractivity contribution in [3.05, 3.63) is 76.3 Å². The van der Waals surface area contributed by atoms with Crippen LogP contribution in [0.5, 0.6) is 0 Å². The number of hydrogen-bond acceptors (Lipinski definition) is 5. The van der Waals surface area contributed by atoms with Crippen LogP contribution >= 0.6 is 34.7 Å². The third-order valence-corrected chi connectivity index (χ3v) is 6.23. The Balaban J connectivity index is 1.37. The molecular formula is C21H20ClN3O2S2. The number of hydrogen-bond donors (Lipinski definition) is 2. The Morgan fingerprint density at radius 2 is 1.79 bits per heavy atom. The van der Waals surface area contributed by atoms with Crippen LogP contribution in [0, 0.1) is 0 Å². The largest absolute Gasteiger partial charge is 0.355 e.